The highest BCUT2D eigenvalue weighted by Gasteiger charge is 2.23. The number of aliphatic imine (C=N–C) groups is 1. The van der Waals surface area contributed by atoms with E-state index in [2.05, 4.69) is 50.0 Å². The van der Waals surface area contributed by atoms with Crippen LogP contribution in [-0.2, 0) is 37.9 Å². The SMILES string of the molecule is COCc1nc2n(n1)CC(NC(=NCc1nnc(C)n1C)NC(C)c1ccccc1)CC2.I. The first-order chi connectivity index (χ1) is 15.5. The smallest absolute Gasteiger partial charge is 0.192 e. The zero-order chi connectivity index (χ0) is 22.5. The molecule has 0 amide bonds. The molecule has 0 saturated heterocycles. The molecule has 2 N–H and O–H groups in total. The van der Waals surface area contributed by atoms with Crippen molar-refractivity contribution in [3.63, 3.8) is 0 Å². The Kier molecular flexibility index (Phi) is 8.78. The Bertz CT molecular complexity index is 1060. The number of nitrogens with zero attached hydrogens (tertiary/aromatic N) is 7. The van der Waals surface area contributed by atoms with Crippen LogP contribution in [0.4, 0.5) is 0 Å². The van der Waals surface area contributed by atoms with Crippen LogP contribution >= 0.6 is 24.0 Å². The molecule has 0 bridgehead atoms. The minimum absolute atomic E-state index is 0. The van der Waals surface area contributed by atoms with Crippen LogP contribution in [-0.4, -0.2) is 48.6 Å². The highest BCUT2D eigenvalue weighted by Crippen LogP contribution is 2.15. The normalized spacial score (nSPS) is 16.6. The molecule has 3 aromatic rings. The van der Waals surface area contributed by atoms with Gasteiger partial charge in [-0.3, -0.25) is 0 Å². The molecule has 2 atom stereocenters. The zero-order valence-electron chi connectivity index (χ0n) is 19.5. The van der Waals surface area contributed by atoms with Gasteiger partial charge in [0.15, 0.2) is 17.6 Å². The Morgan fingerprint density at radius 1 is 1.27 bits per heavy atom. The molecule has 4 rings (SSSR count). The standard InChI is InChI=1S/C22H31N9O.HI/c1-15(17-8-6-5-7-9-17)24-22(23-12-21-28-27-16(2)30(21)3)25-18-10-11-20-26-19(14-32-4)29-31(20)13-18;/h5-9,15,18H,10-14H2,1-4H3,(H2,23,24,25);1H. The summed E-state index contributed by atoms with van der Waals surface area (Å²) in [5.41, 5.74) is 1.20. The van der Waals surface area contributed by atoms with Crippen LogP contribution in [0.25, 0.3) is 0 Å². The van der Waals surface area contributed by atoms with E-state index in [1.54, 1.807) is 7.11 Å². The van der Waals surface area contributed by atoms with Crippen molar-refractivity contribution < 1.29 is 4.74 Å². The van der Waals surface area contributed by atoms with E-state index in [0.717, 1.165) is 48.6 Å². The van der Waals surface area contributed by atoms with Crippen molar-refractivity contribution in [3.8, 4) is 0 Å². The number of halogens is 1. The van der Waals surface area contributed by atoms with Gasteiger partial charge in [-0.1, -0.05) is 30.3 Å². The number of guanidine groups is 1. The van der Waals surface area contributed by atoms with Crippen LogP contribution in [0.5, 0.6) is 0 Å². The summed E-state index contributed by atoms with van der Waals surface area (Å²) in [5.74, 6) is 4.17. The number of aromatic nitrogens is 6. The van der Waals surface area contributed by atoms with E-state index in [9.17, 15) is 0 Å². The van der Waals surface area contributed by atoms with E-state index in [1.807, 2.05) is 41.4 Å². The molecule has 2 aromatic heterocycles. The zero-order valence-corrected chi connectivity index (χ0v) is 21.9. The third-order valence-electron chi connectivity index (χ3n) is 5.73. The topological polar surface area (TPSA) is 107 Å². The van der Waals surface area contributed by atoms with Gasteiger partial charge in [0.1, 0.15) is 24.8 Å². The Balaban J connectivity index is 0.00000306. The molecule has 3 heterocycles. The van der Waals surface area contributed by atoms with E-state index in [1.165, 1.54) is 5.56 Å². The molecule has 1 aliphatic heterocycles. The van der Waals surface area contributed by atoms with Crippen molar-refractivity contribution >= 4 is 29.9 Å². The number of hydrogen-bond donors (Lipinski definition) is 2. The molecule has 0 spiro atoms. The average Bonchev–Trinajstić information content (AvgIpc) is 3.35. The lowest BCUT2D eigenvalue weighted by molar-refractivity contribution is 0.177. The van der Waals surface area contributed by atoms with Gasteiger partial charge in [0.05, 0.1) is 12.6 Å². The lowest BCUT2D eigenvalue weighted by atomic mass is 10.1. The van der Waals surface area contributed by atoms with Crippen molar-refractivity contribution in [3.05, 3.63) is 59.2 Å². The maximum absolute atomic E-state index is 5.17. The molecule has 11 heteroatoms. The lowest BCUT2D eigenvalue weighted by Crippen LogP contribution is -2.47. The van der Waals surface area contributed by atoms with Crippen LogP contribution in [0.2, 0.25) is 0 Å². The van der Waals surface area contributed by atoms with Gasteiger partial charge in [-0.25, -0.2) is 14.7 Å². The van der Waals surface area contributed by atoms with E-state index in [-0.39, 0.29) is 36.1 Å². The van der Waals surface area contributed by atoms with Crippen LogP contribution in [0.1, 0.15) is 48.2 Å². The molecule has 0 aliphatic carbocycles. The van der Waals surface area contributed by atoms with Gasteiger partial charge < -0.3 is 19.9 Å². The van der Waals surface area contributed by atoms with Crippen LogP contribution in [0.15, 0.2) is 35.3 Å². The van der Waals surface area contributed by atoms with E-state index < -0.39 is 0 Å². The molecular weight excluding hydrogens is 533 g/mol. The minimum atomic E-state index is 0. The Morgan fingerprint density at radius 2 is 2.06 bits per heavy atom. The molecule has 33 heavy (non-hydrogen) atoms. The van der Waals surface area contributed by atoms with Crippen molar-refractivity contribution in [1.82, 2.24) is 40.2 Å². The summed E-state index contributed by atoms with van der Waals surface area (Å²) in [5, 5.41) is 20.1. The van der Waals surface area contributed by atoms with Crippen LogP contribution in [0, 0.1) is 6.92 Å². The number of fused-ring (bicyclic) bond motifs is 1. The van der Waals surface area contributed by atoms with E-state index in [0.29, 0.717) is 13.2 Å². The number of nitrogens with one attached hydrogen (secondary N) is 2. The Hall–Kier alpha value is -2.54. The summed E-state index contributed by atoms with van der Waals surface area (Å²) in [6.45, 7) is 5.66. The number of rotatable bonds is 7. The fourth-order valence-electron chi connectivity index (χ4n) is 3.76. The highest BCUT2D eigenvalue weighted by atomic mass is 127. The molecule has 0 fully saturated rings. The number of methoxy groups -OCH3 is 1. The van der Waals surface area contributed by atoms with Crippen LogP contribution < -0.4 is 10.6 Å². The Morgan fingerprint density at radius 3 is 2.76 bits per heavy atom. The summed E-state index contributed by atoms with van der Waals surface area (Å²) >= 11 is 0. The fourth-order valence-corrected chi connectivity index (χ4v) is 3.76. The molecule has 2 unspecified atom stereocenters. The second-order valence-corrected chi connectivity index (χ2v) is 8.10. The molecule has 0 radical (unpaired) electrons. The Labute approximate surface area is 211 Å². The predicted molar refractivity (Wildman–Crippen MR) is 136 cm³/mol. The number of hydrogen-bond acceptors (Lipinski definition) is 6. The van der Waals surface area contributed by atoms with Crippen molar-refractivity contribution in [2.24, 2.45) is 12.0 Å². The van der Waals surface area contributed by atoms with Gasteiger partial charge in [0.25, 0.3) is 0 Å². The highest BCUT2D eigenvalue weighted by molar-refractivity contribution is 14.0. The molecule has 178 valence electrons. The number of ether oxygens (including phenoxy) is 1. The molecular formula is C22H32IN9O. The van der Waals surface area contributed by atoms with Crippen molar-refractivity contribution in [1.29, 1.82) is 0 Å². The molecule has 0 saturated carbocycles. The summed E-state index contributed by atoms with van der Waals surface area (Å²) in [4.78, 5) is 9.39. The van der Waals surface area contributed by atoms with Crippen molar-refractivity contribution in [2.45, 2.75) is 58.5 Å². The minimum Gasteiger partial charge on any atom is -0.377 e. The summed E-state index contributed by atoms with van der Waals surface area (Å²) in [6, 6.07) is 10.6. The first-order valence-electron chi connectivity index (χ1n) is 10.9. The summed E-state index contributed by atoms with van der Waals surface area (Å²) < 4.78 is 9.10. The predicted octanol–water partition coefficient (Wildman–Crippen LogP) is 2.29. The third kappa shape index (κ3) is 6.28. The van der Waals surface area contributed by atoms with Gasteiger partial charge in [0.2, 0.25) is 0 Å². The quantitative estimate of drug-likeness (QED) is 0.257. The summed E-state index contributed by atoms with van der Waals surface area (Å²) in [7, 11) is 3.61. The average molecular weight is 565 g/mol. The van der Waals surface area contributed by atoms with Crippen molar-refractivity contribution in [2.75, 3.05) is 7.11 Å². The maximum atomic E-state index is 5.17. The number of benzene rings is 1. The monoisotopic (exact) mass is 565 g/mol. The first-order valence-corrected chi connectivity index (χ1v) is 10.9. The summed E-state index contributed by atoms with van der Waals surface area (Å²) in [6.07, 6.45) is 1.81. The molecule has 10 nitrogen and oxygen atoms in total. The van der Waals surface area contributed by atoms with Gasteiger partial charge in [-0.2, -0.15) is 5.10 Å². The first kappa shape index (κ1) is 25.1. The van der Waals surface area contributed by atoms with Gasteiger partial charge in [-0.05, 0) is 25.8 Å². The maximum Gasteiger partial charge on any atom is 0.192 e. The van der Waals surface area contributed by atoms with Gasteiger partial charge in [0, 0.05) is 26.6 Å². The van der Waals surface area contributed by atoms with Gasteiger partial charge in [-0.15, -0.1) is 34.2 Å². The van der Waals surface area contributed by atoms with E-state index >= 15 is 0 Å². The second kappa shape index (κ2) is 11.5. The number of aryl methyl sites for hydroxylation is 2. The van der Waals surface area contributed by atoms with Gasteiger partial charge >= 0.3 is 0 Å². The van der Waals surface area contributed by atoms with E-state index in [4.69, 9.17) is 9.73 Å². The largest absolute Gasteiger partial charge is 0.377 e. The molecule has 1 aromatic carbocycles. The third-order valence-corrected chi connectivity index (χ3v) is 5.73. The van der Waals surface area contributed by atoms with Crippen LogP contribution in [0.3, 0.4) is 0 Å². The molecule has 1 aliphatic rings. The lowest BCUT2D eigenvalue weighted by Gasteiger charge is -2.27. The fraction of sp³-hybridized carbons (Fsp3) is 0.500. The second-order valence-electron chi connectivity index (χ2n) is 8.10.